The van der Waals surface area contributed by atoms with E-state index < -0.39 is 0 Å². The number of nitrogens with zero attached hydrogens (tertiary/aromatic N) is 2. The lowest BCUT2D eigenvalue weighted by atomic mass is 10.2. The average Bonchev–Trinajstić information content (AvgIpc) is 2.51. The molecule has 2 rings (SSSR count). The first kappa shape index (κ1) is 11.0. The van der Waals surface area contributed by atoms with Gasteiger partial charge >= 0.3 is 0 Å². The molecule has 0 fully saturated rings. The maximum Gasteiger partial charge on any atom is 0.250 e. The summed E-state index contributed by atoms with van der Waals surface area (Å²) in [5.74, 6) is -0.300. The maximum absolute atomic E-state index is 11.8. The minimum atomic E-state index is -0.184. The van der Waals surface area contributed by atoms with E-state index in [9.17, 15) is 9.59 Å². The van der Waals surface area contributed by atoms with Gasteiger partial charge in [-0.05, 0) is 23.8 Å². The molecule has 0 unspecified atom stereocenters. The van der Waals surface area contributed by atoms with Crippen molar-refractivity contribution in [2.45, 2.75) is 13.3 Å². The standard InChI is InChI=1S/C11H11ClN2O2/c1-7(15)13(2)14-10-4-3-9(12)5-8(10)6-11(14)16/h3-5H,6H2,1-2H3. The zero-order chi connectivity index (χ0) is 11.9. The zero-order valence-electron chi connectivity index (χ0n) is 9.03. The zero-order valence-corrected chi connectivity index (χ0v) is 9.78. The molecule has 4 nitrogen and oxygen atoms in total. The van der Waals surface area contributed by atoms with Crippen molar-refractivity contribution in [2.24, 2.45) is 0 Å². The van der Waals surface area contributed by atoms with Crippen molar-refractivity contribution >= 4 is 29.1 Å². The maximum atomic E-state index is 11.8. The molecule has 1 aromatic carbocycles. The molecule has 16 heavy (non-hydrogen) atoms. The van der Waals surface area contributed by atoms with Crippen LogP contribution in [0.15, 0.2) is 18.2 Å². The van der Waals surface area contributed by atoms with Crippen LogP contribution in [-0.2, 0) is 16.0 Å². The summed E-state index contributed by atoms with van der Waals surface area (Å²) < 4.78 is 0. The number of hydrogen-bond acceptors (Lipinski definition) is 2. The number of amides is 2. The smallest absolute Gasteiger partial charge is 0.250 e. The third kappa shape index (κ3) is 1.65. The molecule has 5 heteroatoms. The Bertz CT molecular complexity index is 473. The number of carbonyl (C=O) groups is 2. The second kappa shape index (κ2) is 3.79. The lowest BCUT2D eigenvalue weighted by Gasteiger charge is -2.27. The number of halogens is 1. The van der Waals surface area contributed by atoms with Crippen LogP contribution in [0.1, 0.15) is 12.5 Å². The van der Waals surface area contributed by atoms with Crippen LogP contribution < -0.4 is 5.01 Å². The van der Waals surface area contributed by atoms with Crippen molar-refractivity contribution < 1.29 is 9.59 Å². The lowest BCUT2D eigenvalue weighted by molar-refractivity contribution is -0.133. The number of benzene rings is 1. The van der Waals surface area contributed by atoms with Gasteiger partial charge in [0.2, 0.25) is 11.8 Å². The van der Waals surface area contributed by atoms with Crippen molar-refractivity contribution in [3.63, 3.8) is 0 Å². The second-order valence-corrected chi connectivity index (χ2v) is 4.13. The quantitative estimate of drug-likeness (QED) is 0.746. The van der Waals surface area contributed by atoms with Crippen LogP contribution in [0.5, 0.6) is 0 Å². The molecular formula is C11H11ClN2O2. The fourth-order valence-electron chi connectivity index (χ4n) is 1.74. The number of fused-ring (bicyclic) bond motifs is 1. The molecule has 1 aromatic rings. The van der Waals surface area contributed by atoms with Crippen molar-refractivity contribution in [3.8, 4) is 0 Å². The molecule has 84 valence electrons. The molecular weight excluding hydrogens is 228 g/mol. The van der Waals surface area contributed by atoms with E-state index in [0.717, 1.165) is 11.3 Å². The fourth-order valence-corrected chi connectivity index (χ4v) is 1.94. The van der Waals surface area contributed by atoms with Crippen molar-refractivity contribution in [2.75, 3.05) is 12.1 Å². The highest BCUT2D eigenvalue weighted by atomic mass is 35.5. The molecule has 0 radical (unpaired) electrons. The Morgan fingerprint density at radius 2 is 2.19 bits per heavy atom. The summed E-state index contributed by atoms with van der Waals surface area (Å²) in [6.45, 7) is 1.42. The molecule has 0 bridgehead atoms. The third-order valence-electron chi connectivity index (χ3n) is 2.60. The number of rotatable bonds is 1. The molecule has 1 heterocycles. The van der Waals surface area contributed by atoms with Gasteiger partial charge in [-0.2, -0.15) is 0 Å². The van der Waals surface area contributed by atoms with Crippen LogP contribution in [0.3, 0.4) is 0 Å². The van der Waals surface area contributed by atoms with Gasteiger partial charge in [-0.3, -0.25) is 14.6 Å². The summed E-state index contributed by atoms with van der Waals surface area (Å²) in [4.78, 5) is 23.0. The van der Waals surface area contributed by atoms with Gasteiger partial charge in [0.1, 0.15) is 0 Å². The molecule has 0 saturated carbocycles. The van der Waals surface area contributed by atoms with E-state index in [2.05, 4.69) is 0 Å². The van der Waals surface area contributed by atoms with Crippen LogP contribution in [-0.4, -0.2) is 23.9 Å². The number of hydrogen-bond donors (Lipinski definition) is 0. The highest BCUT2D eigenvalue weighted by Gasteiger charge is 2.31. The highest BCUT2D eigenvalue weighted by Crippen LogP contribution is 2.31. The van der Waals surface area contributed by atoms with E-state index in [1.165, 1.54) is 16.9 Å². The van der Waals surface area contributed by atoms with Gasteiger partial charge in [0.15, 0.2) is 0 Å². The molecule has 0 aromatic heterocycles. The van der Waals surface area contributed by atoms with Crippen molar-refractivity contribution in [3.05, 3.63) is 28.8 Å². The topological polar surface area (TPSA) is 40.6 Å². The number of hydrazine groups is 1. The molecule has 1 aliphatic heterocycles. The van der Waals surface area contributed by atoms with Crippen LogP contribution in [0, 0.1) is 0 Å². The molecule has 0 atom stereocenters. The largest absolute Gasteiger partial charge is 0.273 e. The Morgan fingerprint density at radius 1 is 1.50 bits per heavy atom. The number of anilines is 1. The minimum Gasteiger partial charge on any atom is -0.273 e. The van der Waals surface area contributed by atoms with E-state index in [1.54, 1.807) is 25.2 Å². The Hall–Kier alpha value is -1.55. The molecule has 0 aliphatic carbocycles. The Labute approximate surface area is 98.4 Å². The fraction of sp³-hybridized carbons (Fsp3) is 0.273. The Morgan fingerprint density at radius 3 is 2.81 bits per heavy atom. The van der Waals surface area contributed by atoms with Crippen LogP contribution in [0.2, 0.25) is 5.02 Å². The Balaban J connectivity index is 2.44. The van der Waals surface area contributed by atoms with Crippen LogP contribution in [0.4, 0.5) is 5.69 Å². The first-order chi connectivity index (χ1) is 7.50. The van der Waals surface area contributed by atoms with E-state index >= 15 is 0 Å². The first-order valence-electron chi connectivity index (χ1n) is 4.86. The molecule has 1 aliphatic rings. The van der Waals surface area contributed by atoms with Crippen LogP contribution >= 0.6 is 11.6 Å². The molecule has 0 saturated heterocycles. The van der Waals surface area contributed by atoms with Gasteiger partial charge in [-0.1, -0.05) is 11.6 Å². The normalized spacial score (nSPS) is 13.9. The van der Waals surface area contributed by atoms with Crippen LogP contribution in [0.25, 0.3) is 0 Å². The van der Waals surface area contributed by atoms with E-state index in [0.29, 0.717) is 5.02 Å². The third-order valence-corrected chi connectivity index (χ3v) is 2.84. The average molecular weight is 239 g/mol. The highest BCUT2D eigenvalue weighted by molar-refractivity contribution is 6.30. The molecule has 0 spiro atoms. The minimum absolute atomic E-state index is 0.116. The Kier molecular flexibility index (Phi) is 2.59. The van der Waals surface area contributed by atoms with Crippen molar-refractivity contribution in [1.82, 2.24) is 5.01 Å². The van der Waals surface area contributed by atoms with Crippen molar-refractivity contribution in [1.29, 1.82) is 0 Å². The monoisotopic (exact) mass is 238 g/mol. The summed E-state index contributed by atoms with van der Waals surface area (Å²) in [6, 6.07) is 5.21. The predicted octanol–water partition coefficient (Wildman–Crippen LogP) is 1.62. The van der Waals surface area contributed by atoms with E-state index in [-0.39, 0.29) is 18.2 Å². The second-order valence-electron chi connectivity index (χ2n) is 3.70. The summed E-state index contributed by atoms with van der Waals surface area (Å²) in [5.41, 5.74) is 1.58. The molecule has 2 amide bonds. The van der Waals surface area contributed by atoms with Gasteiger partial charge in [-0.15, -0.1) is 0 Å². The van der Waals surface area contributed by atoms with Gasteiger partial charge in [0.25, 0.3) is 0 Å². The summed E-state index contributed by atoms with van der Waals surface area (Å²) >= 11 is 5.85. The number of carbonyl (C=O) groups excluding carboxylic acids is 2. The summed E-state index contributed by atoms with van der Waals surface area (Å²) in [6.07, 6.45) is 0.285. The summed E-state index contributed by atoms with van der Waals surface area (Å²) in [5, 5.41) is 3.29. The SMILES string of the molecule is CC(=O)N(C)N1C(=O)Cc2cc(Cl)ccc21. The first-order valence-corrected chi connectivity index (χ1v) is 5.24. The van der Waals surface area contributed by atoms with Gasteiger partial charge in [-0.25, -0.2) is 5.01 Å². The van der Waals surface area contributed by atoms with Gasteiger partial charge in [0, 0.05) is 19.0 Å². The lowest BCUT2D eigenvalue weighted by Crippen LogP contribution is -2.44. The van der Waals surface area contributed by atoms with E-state index in [4.69, 9.17) is 11.6 Å². The van der Waals surface area contributed by atoms with Gasteiger partial charge in [0.05, 0.1) is 12.1 Å². The van der Waals surface area contributed by atoms with Gasteiger partial charge < -0.3 is 0 Å². The van der Waals surface area contributed by atoms with E-state index in [1.807, 2.05) is 0 Å². The summed E-state index contributed by atoms with van der Waals surface area (Å²) in [7, 11) is 1.57. The predicted molar refractivity (Wildman–Crippen MR) is 61.1 cm³/mol. The molecule has 0 N–H and O–H groups in total.